The first-order valence-corrected chi connectivity index (χ1v) is 7.05. The molecule has 0 aliphatic rings. The SMILES string of the molecule is O=C(O)C(/C=N/c1nccs1)=C(/O)c1ccc(Cl)nc1Cl. The highest BCUT2D eigenvalue weighted by Crippen LogP contribution is 2.25. The number of aromatic nitrogens is 2. The Bertz CT molecular complexity index is 729. The summed E-state index contributed by atoms with van der Waals surface area (Å²) in [7, 11) is 0. The lowest BCUT2D eigenvalue weighted by atomic mass is 10.1. The monoisotopic (exact) mass is 343 g/mol. The number of aliphatic hydroxyl groups is 1. The van der Waals surface area contributed by atoms with E-state index in [0.717, 1.165) is 6.21 Å². The summed E-state index contributed by atoms with van der Waals surface area (Å²) in [6, 6.07) is 2.75. The number of hydrogen-bond donors (Lipinski definition) is 2. The van der Waals surface area contributed by atoms with Gasteiger partial charge in [0, 0.05) is 17.8 Å². The summed E-state index contributed by atoms with van der Waals surface area (Å²) in [5, 5.41) is 21.3. The molecule has 0 aliphatic heterocycles. The third kappa shape index (κ3) is 3.78. The molecular formula is C12H7Cl2N3O3S. The van der Waals surface area contributed by atoms with Crippen molar-refractivity contribution < 1.29 is 15.0 Å². The molecule has 0 amide bonds. The summed E-state index contributed by atoms with van der Waals surface area (Å²) in [4.78, 5) is 22.7. The number of carboxylic acids is 1. The summed E-state index contributed by atoms with van der Waals surface area (Å²) in [6.07, 6.45) is 2.53. The van der Waals surface area contributed by atoms with Gasteiger partial charge in [0.2, 0.25) is 5.13 Å². The highest BCUT2D eigenvalue weighted by Gasteiger charge is 2.17. The number of thiazole rings is 1. The van der Waals surface area contributed by atoms with Crippen LogP contribution in [0.1, 0.15) is 5.56 Å². The van der Waals surface area contributed by atoms with Gasteiger partial charge in [-0.2, -0.15) is 0 Å². The molecular weight excluding hydrogens is 337 g/mol. The molecule has 2 aromatic rings. The van der Waals surface area contributed by atoms with Crippen molar-refractivity contribution >= 4 is 57.6 Å². The van der Waals surface area contributed by atoms with Crippen LogP contribution in [0.5, 0.6) is 0 Å². The molecule has 0 unspecified atom stereocenters. The van der Waals surface area contributed by atoms with Gasteiger partial charge in [-0.25, -0.2) is 19.8 Å². The molecule has 0 radical (unpaired) electrons. The van der Waals surface area contributed by atoms with E-state index in [1.54, 1.807) is 5.38 Å². The smallest absolute Gasteiger partial charge is 0.341 e. The minimum atomic E-state index is -1.36. The summed E-state index contributed by atoms with van der Waals surface area (Å²) >= 11 is 12.7. The molecule has 0 aliphatic carbocycles. The molecule has 108 valence electrons. The van der Waals surface area contributed by atoms with E-state index in [1.165, 1.54) is 29.7 Å². The lowest BCUT2D eigenvalue weighted by Gasteiger charge is -2.05. The van der Waals surface area contributed by atoms with Crippen LogP contribution in [0.4, 0.5) is 5.13 Å². The second-order valence-electron chi connectivity index (χ2n) is 3.61. The molecule has 0 fully saturated rings. The fraction of sp³-hybridized carbons (Fsp3) is 0. The first kappa shape index (κ1) is 15.4. The Morgan fingerprint density at radius 2 is 2.10 bits per heavy atom. The Morgan fingerprint density at radius 3 is 2.67 bits per heavy atom. The number of carbonyl (C=O) groups is 1. The molecule has 6 nitrogen and oxygen atoms in total. The quantitative estimate of drug-likeness (QED) is 0.382. The Kier molecular flexibility index (Phi) is 4.89. The Balaban J connectivity index is 2.46. The van der Waals surface area contributed by atoms with Gasteiger partial charge in [0.25, 0.3) is 0 Å². The van der Waals surface area contributed by atoms with Crippen molar-refractivity contribution in [1.82, 2.24) is 9.97 Å². The van der Waals surface area contributed by atoms with Crippen molar-refractivity contribution in [2.45, 2.75) is 0 Å². The number of aliphatic imine (C=N–C) groups is 1. The molecule has 0 atom stereocenters. The van der Waals surface area contributed by atoms with E-state index in [1.807, 2.05) is 0 Å². The highest BCUT2D eigenvalue weighted by atomic mass is 35.5. The van der Waals surface area contributed by atoms with Gasteiger partial charge < -0.3 is 10.2 Å². The predicted octanol–water partition coefficient (Wildman–Crippen LogP) is 3.60. The van der Waals surface area contributed by atoms with Gasteiger partial charge in [0.1, 0.15) is 21.6 Å². The van der Waals surface area contributed by atoms with Crippen molar-refractivity contribution in [2.75, 3.05) is 0 Å². The number of carboxylic acid groups (broad SMARTS) is 1. The topological polar surface area (TPSA) is 95.7 Å². The maximum Gasteiger partial charge on any atom is 0.341 e. The van der Waals surface area contributed by atoms with Gasteiger partial charge in [0.05, 0.1) is 5.56 Å². The van der Waals surface area contributed by atoms with Crippen LogP contribution >= 0.6 is 34.5 Å². The largest absolute Gasteiger partial charge is 0.506 e. The first-order valence-electron chi connectivity index (χ1n) is 5.41. The average molecular weight is 344 g/mol. The molecule has 21 heavy (non-hydrogen) atoms. The predicted molar refractivity (Wildman–Crippen MR) is 81.7 cm³/mol. The number of halogens is 2. The van der Waals surface area contributed by atoms with Crippen LogP contribution in [0.3, 0.4) is 0 Å². The van der Waals surface area contributed by atoms with E-state index in [2.05, 4.69) is 15.0 Å². The van der Waals surface area contributed by atoms with Crippen molar-refractivity contribution in [2.24, 2.45) is 4.99 Å². The molecule has 2 rings (SSSR count). The zero-order chi connectivity index (χ0) is 15.4. The van der Waals surface area contributed by atoms with Crippen molar-refractivity contribution in [3.8, 4) is 0 Å². The van der Waals surface area contributed by atoms with E-state index in [-0.39, 0.29) is 15.9 Å². The molecule has 0 saturated heterocycles. The molecule has 0 bridgehead atoms. The Morgan fingerprint density at radius 1 is 1.33 bits per heavy atom. The van der Waals surface area contributed by atoms with E-state index in [0.29, 0.717) is 5.13 Å². The van der Waals surface area contributed by atoms with Crippen molar-refractivity contribution in [1.29, 1.82) is 0 Å². The average Bonchev–Trinajstić information content (AvgIpc) is 2.91. The van der Waals surface area contributed by atoms with E-state index >= 15 is 0 Å². The van der Waals surface area contributed by atoms with Crippen LogP contribution in [0.25, 0.3) is 5.76 Å². The minimum absolute atomic E-state index is 0.0454. The molecule has 0 saturated carbocycles. The van der Waals surface area contributed by atoms with Crippen LogP contribution < -0.4 is 0 Å². The van der Waals surface area contributed by atoms with Gasteiger partial charge in [0.15, 0.2) is 0 Å². The number of nitrogens with zero attached hydrogens (tertiary/aromatic N) is 3. The second-order valence-corrected chi connectivity index (χ2v) is 5.23. The number of aliphatic carboxylic acids is 1. The number of pyridine rings is 1. The third-order valence-corrected chi connectivity index (χ3v) is 3.46. The summed E-state index contributed by atoms with van der Waals surface area (Å²) in [5.74, 6) is -1.92. The fourth-order valence-corrected chi connectivity index (χ4v) is 2.26. The van der Waals surface area contributed by atoms with Crippen LogP contribution in [0.15, 0.2) is 34.3 Å². The van der Waals surface area contributed by atoms with Gasteiger partial charge in [-0.15, -0.1) is 11.3 Å². The number of aliphatic hydroxyl groups excluding tert-OH is 1. The minimum Gasteiger partial charge on any atom is -0.506 e. The van der Waals surface area contributed by atoms with Crippen LogP contribution in [-0.4, -0.2) is 32.4 Å². The number of rotatable bonds is 4. The highest BCUT2D eigenvalue weighted by molar-refractivity contribution is 7.13. The van der Waals surface area contributed by atoms with E-state index in [4.69, 9.17) is 28.3 Å². The molecule has 0 aromatic carbocycles. The summed E-state index contributed by atoms with van der Waals surface area (Å²) < 4.78 is 0. The lowest BCUT2D eigenvalue weighted by Crippen LogP contribution is -2.06. The van der Waals surface area contributed by atoms with Crippen molar-refractivity contribution in [3.63, 3.8) is 0 Å². The van der Waals surface area contributed by atoms with Gasteiger partial charge in [-0.1, -0.05) is 23.2 Å². The maximum atomic E-state index is 11.2. The van der Waals surface area contributed by atoms with E-state index < -0.39 is 17.3 Å². The van der Waals surface area contributed by atoms with Gasteiger partial charge in [-0.05, 0) is 12.1 Å². The van der Waals surface area contributed by atoms with Crippen LogP contribution in [0.2, 0.25) is 10.3 Å². The zero-order valence-corrected chi connectivity index (χ0v) is 12.5. The Hall–Kier alpha value is -1.96. The third-order valence-electron chi connectivity index (χ3n) is 2.28. The first-order chi connectivity index (χ1) is 9.99. The van der Waals surface area contributed by atoms with E-state index in [9.17, 15) is 9.90 Å². The standard InChI is InChI=1S/C12H7Cl2N3O3S/c13-8-2-1-6(10(14)17-8)9(18)7(11(19)20)5-16-12-15-3-4-21-12/h1-5,18H,(H,19,20)/b9-7+,16-5+. The second kappa shape index (κ2) is 6.66. The molecule has 0 spiro atoms. The molecule has 2 heterocycles. The lowest BCUT2D eigenvalue weighted by molar-refractivity contribution is -0.132. The summed E-state index contributed by atoms with van der Waals surface area (Å²) in [5.41, 5.74) is -0.389. The molecule has 9 heteroatoms. The zero-order valence-electron chi connectivity index (χ0n) is 10.2. The normalized spacial score (nSPS) is 12.5. The Labute approximate surface area is 133 Å². The molecule has 2 aromatic heterocycles. The van der Waals surface area contributed by atoms with Crippen molar-refractivity contribution in [3.05, 3.63) is 45.2 Å². The van der Waals surface area contributed by atoms with Gasteiger partial charge >= 0.3 is 5.97 Å². The number of hydrogen-bond acceptors (Lipinski definition) is 6. The maximum absolute atomic E-state index is 11.2. The fourth-order valence-electron chi connectivity index (χ4n) is 1.35. The van der Waals surface area contributed by atoms with Gasteiger partial charge in [-0.3, -0.25) is 0 Å². The summed E-state index contributed by atoms with van der Waals surface area (Å²) in [6.45, 7) is 0. The van der Waals surface area contributed by atoms with Crippen LogP contribution in [0, 0.1) is 0 Å². The molecule has 2 N–H and O–H groups in total. The van der Waals surface area contributed by atoms with Crippen LogP contribution in [-0.2, 0) is 4.79 Å².